The number of rotatable bonds is 10. The molecule has 2 fully saturated rings. The van der Waals surface area contributed by atoms with Crippen LogP contribution in [0.2, 0.25) is 0 Å². The zero-order valence-corrected chi connectivity index (χ0v) is 12.2. The lowest BCUT2D eigenvalue weighted by Crippen LogP contribution is -2.30. The van der Waals surface area contributed by atoms with Crippen LogP contribution in [0.5, 0.6) is 0 Å². The second-order valence-corrected chi connectivity index (χ2v) is 5.95. The van der Waals surface area contributed by atoms with Crippen molar-refractivity contribution in [2.24, 2.45) is 0 Å². The molecule has 0 saturated carbocycles. The molecule has 3 heteroatoms. The summed E-state index contributed by atoms with van der Waals surface area (Å²) in [6.07, 6.45) is 4.95. The molecular formula is C16H26O3. The molecule has 0 bridgehead atoms. The SMILES string of the molecule is C=C(C)CCC(OC(CCC(=C)C)C1CO1)C1CO1. The maximum atomic E-state index is 6.27. The van der Waals surface area contributed by atoms with E-state index in [4.69, 9.17) is 14.2 Å². The van der Waals surface area contributed by atoms with Crippen molar-refractivity contribution in [1.29, 1.82) is 0 Å². The van der Waals surface area contributed by atoms with Gasteiger partial charge in [0.05, 0.1) is 25.4 Å². The quantitative estimate of drug-likeness (QED) is 0.449. The summed E-state index contributed by atoms with van der Waals surface area (Å²) in [5.41, 5.74) is 2.41. The van der Waals surface area contributed by atoms with Crippen molar-refractivity contribution in [2.45, 2.75) is 63.9 Å². The minimum absolute atomic E-state index is 0.191. The van der Waals surface area contributed by atoms with E-state index < -0.39 is 0 Å². The van der Waals surface area contributed by atoms with Crippen LogP contribution in [-0.2, 0) is 14.2 Å². The topological polar surface area (TPSA) is 34.3 Å². The fourth-order valence-electron chi connectivity index (χ4n) is 2.23. The van der Waals surface area contributed by atoms with Crippen molar-refractivity contribution in [2.75, 3.05) is 13.2 Å². The minimum Gasteiger partial charge on any atom is -0.370 e. The van der Waals surface area contributed by atoms with Gasteiger partial charge >= 0.3 is 0 Å². The number of epoxide rings is 2. The maximum Gasteiger partial charge on any atom is 0.107 e. The molecule has 3 nitrogen and oxygen atoms in total. The van der Waals surface area contributed by atoms with Crippen LogP contribution in [0.1, 0.15) is 39.5 Å². The molecule has 0 N–H and O–H groups in total. The summed E-state index contributed by atoms with van der Waals surface area (Å²) in [7, 11) is 0. The van der Waals surface area contributed by atoms with Crippen molar-refractivity contribution in [3.63, 3.8) is 0 Å². The Kier molecular flexibility index (Phi) is 5.20. The van der Waals surface area contributed by atoms with Crippen molar-refractivity contribution in [3.05, 3.63) is 24.3 Å². The van der Waals surface area contributed by atoms with E-state index in [9.17, 15) is 0 Å². The van der Waals surface area contributed by atoms with Gasteiger partial charge in [0.15, 0.2) is 0 Å². The van der Waals surface area contributed by atoms with Gasteiger partial charge in [-0.1, -0.05) is 11.1 Å². The Labute approximate surface area is 116 Å². The van der Waals surface area contributed by atoms with Crippen molar-refractivity contribution in [1.82, 2.24) is 0 Å². The number of ether oxygens (including phenoxy) is 3. The first kappa shape index (κ1) is 14.8. The van der Waals surface area contributed by atoms with Crippen LogP contribution in [0, 0.1) is 0 Å². The van der Waals surface area contributed by atoms with Gasteiger partial charge in [-0.15, -0.1) is 13.2 Å². The van der Waals surface area contributed by atoms with Crippen LogP contribution in [-0.4, -0.2) is 37.6 Å². The average Bonchev–Trinajstić information content (AvgIpc) is 3.17. The molecule has 0 spiro atoms. The molecule has 0 aromatic rings. The van der Waals surface area contributed by atoms with Crippen LogP contribution < -0.4 is 0 Å². The van der Waals surface area contributed by atoms with E-state index in [1.165, 1.54) is 11.1 Å². The Morgan fingerprint density at radius 3 is 1.63 bits per heavy atom. The first-order chi connectivity index (χ1) is 9.06. The molecule has 19 heavy (non-hydrogen) atoms. The lowest BCUT2D eigenvalue weighted by Gasteiger charge is -2.23. The summed E-state index contributed by atoms with van der Waals surface area (Å²) in [5.74, 6) is 0. The molecule has 0 radical (unpaired) electrons. The Balaban J connectivity index is 1.81. The van der Waals surface area contributed by atoms with Gasteiger partial charge in [0, 0.05) is 0 Å². The van der Waals surface area contributed by atoms with Crippen molar-refractivity contribution in [3.8, 4) is 0 Å². The number of hydrogen-bond donors (Lipinski definition) is 0. The van der Waals surface area contributed by atoms with Gasteiger partial charge < -0.3 is 14.2 Å². The van der Waals surface area contributed by atoms with E-state index in [1.807, 2.05) is 0 Å². The molecule has 2 aliphatic rings. The van der Waals surface area contributed by atoms with E-state index in [0.29, 0.717) is 0 Å². The smallest absolute Gasteiger partial charge is 0.107 e. The molecule has 0 amide bonds. The van der Waals surface area contributed by atoms with Gasteiger partial charge in [0.2, 0.25) is 0 Å². The predicted molar refractivity (Wildman–Crippen MR) is 76.2 cm³/mol. The summed E-state index contributed by atoms with van der Waals surface area (Å²) in [5, 5.41) is 0. The van der Waals surface area contributed by atoms with Gasteiger partial charge in [0.25, 0.3) is 0 Å². The largest absolute Gasteiger partial charge is 0.370 e. The van der Waals surface area contributed by atoms with Gasteiger partial charge in [-0.3, -0.25) is 0 Å². The molecule has 2 aliphatic heterocycles. The Bertz CT molecular complexity index is 297. The van der Waals surface area contributed by atoms with Crippen molar-refractivity contribution < 1.29 is 14.2 Å². The van der Waals surface area contributed by atoms with Crippen LogP contribution in [0.15, 0.2) is 24.3 Å². The van der Waals surface area contributed by atoms with E-state index >= 15 is 0 Å². The van der Waals surface area contributed by atoms with E-state index in [-0.39, 0.29) is 24.4 Å². The summed E-state index contributed by atoms with van der Waals surface area (Å²) >= 11 is 0. The standard InChI is InChI=1S/C16H26O3/c1-11(2)5-7-13(15-9-17-15)19-14(16-10-18-16)8-6-12(3)4/h13-16H,1,3,5-10H2,2,4H3. The lowest BCUT2D eigenvalue weighted by atomic mass is 10.0. The van der Waals surface area contributed by atoms with Gasteiger partial charge in [-0.05, 0) is 39.5 Å². The fourth-order valence-corrected chi connectivity index (χ4v) is 2.23. The molecular weight excluding hydrogens is 240 g/mol. The van der Waals surface area contributed by atoms with Gasteiger partial charge in [-0.2, -0.15) is 0 Å². The Morgan fingerprint density at radius 2 is 1.37 bits per heavy atom. The van der Waals surface area contributed by atoms with E-state index in [1.54, 1.807) is 0 Å². The summed E-state index contributed by atoms with van der Waals surface area (Å²) < 4.78 is 17.1. The highest BCUT2D eigenvalue weighted by molar-refractivity contribution is 4.94. The first-order valence-corrected chi connectivity index (χ1v) is 7.23. The first-order valence-electron chi connectivity index (χ1n) is 7.23. The molecule has 0 aliphatic carbocycles. The molecule has 0 aromatic carbocycles. The zero-order valence-electron chi connectivity index (χ0n) is 12.2. The van der Waals surface area contributed by atoms with E-state index in [2.05, 4.69) is 27.0 Å². The van der Waals surface area contributed by atoms with Crippen molar-refractivity contribution >= 4 is 0 Å². The van der Waals surface area contributed by atoms with Gasteiger partial charge in [0.1, 0.15) is 12.2 Å². The highest BCUT2D eigenvalue weighted by Crippen LogP contribution is 2.29. The predicted octanol–water partition coefficient (Wildman–Crippen LogP) is 3.25. The highest BCUT2D eigenvalue weighted by atomic mass is 16.6. The lowest BCUT2D eigenvalue weighted by molar-refractivity contribution is -0.0445. The minimum atomic E-state index is 0.191. The normalized spacial score (nSPS) is 27.7. The third-order valence-electron chi connectivity index (χ3n) is 3.61. The second-order valence-electron chi connectivity index (χ2n) is 5.95. The molecule has 4 unspecified atom stereocenters. The fraction of sp³-hybridized carbons (Fsp3) is 0.750. The third kappa shape index (κ3) is 5.47. The molecule has 4 atom stereocenters. The summed E-state index contributed by atoms with van der Waals surface area (Å²) in [6.45, 7) is 13.7. The van der Waals surface area contributed by atoms with Gasteiger partial charge in [-0.25, -0.2) is 0 Å². The van der Waals surface area contributed by atoms with Crippen LogP contribution >= 0.6 is 0 Å². The second kappa shape index (κ2) is 6.69. The number of hydrogen-bond acceptors (Lipinski definition) is 3. The zero-order chi connectivity index (χ0) is 13.8. The average molecular weight is 266 g/mol. The summed E-state index contributed by atoms with van der Waals surface area (Å²) in [6, 6.07) is 0. The van der Waals surface area contributed by atoms with Crippen LogP contribution in [0.3, 0.4) is 0 Å². The van der Waals surface area contributed by atoms with Crippen LogP contribution in [0.4, 0.5) is 0 Å². The molecule has 108 valence electrons. The summed E-state index contributed by atoms with van der Waals surface area (Å²) in [4.78, 5) is 0. The third-order valence-corrected chi connectivity index (χ3v) is 3.61. The molecule has 0 aromatic heterocycles. The maximum absolute atomic E-state index is 6.27. The molecule has 2 heterocycles. The Morgan fingerprint density at radius 1 is 1.00 bits per heavy atom. The van der Waals surface area contributed by atoms with Crippen LogP contribution in [0.25, 0.3) is 0 Å². The Hall–Kier alpha value is -0.640. The van der Waals surface area contributed by atoms with E-state index in [0.717, 1.165) is 38.9 Å². The molecule has 2 saturated heterocycles. The number of allylic oxidation sites excluding steroid dienone is 2. The highest BCUT2D eigenvalue weighted by Gasteiger charge is 2.40. The monoisotopic (exact) mass is 266 g/mol. The molecule has 2 rings (SSSR count).